The molecule has 1 atom stereocenters. The molecule has 1 aromatic rings. The highest BCUT2D eigenvalue weighted by Gasteiger charge is 2.29. The SMILES string of the molecule is O=C(O)CC1CSCCN1C(=O)Cc1cc(Cl)c2c(c1)OCCO2. The predicted molar refractivity (Wildman–Crippen MR) is 91.2 cm³/mol. The Labute approximate surface area is 149 Å². The molecule has 6 nitrogen and oxygen atoms in total. The second-order valence-corrected chi connectivity index (χ2v) is 7.25. The Morgan fingerprint density at radius 2 is 2.12 bits per heavy atom. The van der Waals surface area contributed by atoms with Crippen LogP contribution in [0.2, 0.25) is 5.02 Å². The Bertz CT molecular complexity index is 654. The number of carbonyl (C=O) groups excluding carboxylic acids is 1. The molecule has 2 aliphatic rings. The number of hydrogen-bond acceptors (Lipinski definition) is 5. The number of rotatable bonds is 4. The van der Waals surface area contributed by atoms with Gasteiger partial charge in [0.15, 0.2) is 11.5 Å². The molecule has 0 bridgehead atoms. The Morgan fingerprint density at radius 1 is 1.33 bits per heavy atom. The van der Waals surface area contributed by atoms with Gasteiger partial charge in [0, 0.05) is 18.1 Å². The minimum atomic E-state index is -0.886. The van der Waals surface area contributed by atoms with Gasteiger partial charge in [-0.05, 0) is 17.7 Å². The number of fused-ring (bicyclic) bond motifs is 1. The van der Waals surface area contributed by atoms with Gasteiger partial charge >= 0.3 is 5.97 Å². The Balaban J connectivity index is 1.73. The van der Waals surface area contributed by atoms with Gasteiger partial charge in [-0.2, -0.15) is 11.8 Å². The Hall–Kier alpha value is -1.60. The average Bonchev–Trinajstić information content (AvgIpc) is 2.55. The maximum atomic E-state index is 12.6. The Kier molecular flexibility index (Phi) is 5.40. The van der Waals surface area contributed by atoms with Gasteiger partial charge in [0.05, 0.1) is 23.9 Å². The maximum Gasteiger partial charge on any atom is 0.305 e. The molecule has 3 rings (SSSR count). The molecule has 0 spiro atoms. The standard InChI is InChI=1S/C16H18ClNO5S/c17-12-5-10(6-13-16(12)23-3-2-22-13)7-14(19)18-1-4-24-9-11(18)8-15(20)21/h5-6,11H,1-4,7-9H2,(H,20,21). The number of hydrogen-bond donors (Lipinski definition) is 1. The number of carboxylic acid groups (broad SMARTS) is 1. The van der Waals surface area contributed by atoms with Crippen LogP contribution in [0.3, 0.4) is 0 Å². The van der Waals surface area contributed by atoms with Crippen molar-refractivity contribution in [1.82, 2.24) is 4.90 Å². The smallest absolute Gasteiger partial charge is 0.305 e. The van der Waals surface area contributed by atoms with E-state index in [2.05, 4.69) is 0 Å². The van der Waals surface area contributed by atoms with Crippen molar-refractivity contribution in [3.8, 4) is 11.5 Å². The third-order valence-electron chi connectivity index (χ3n) is 3.97. The third kappa shape index (κ3) is 3.89. The van der Waals surface area contributed by atoms with Gasteiger partial charge in [-0.1, -0.05) is 11.6 Å². The third-order valence-corrected chi connectivity index (χ3v) is 5.34. The normalized spacial score (nSPS) is 19.9. The number of benzene rings is 1. The zero-order valence-corrected chi connectivity index (χ0v) is 14.6. The zero-order valence-electron chi connectivity index (χ0n) is 13.0. The first-order valence-electron chi connectivity index (χ1n) is 7.71. The molecule has 0 aromatic heterocycles. The fourth-order valence-electron chi connectivity index (χ4n) is 2.90. The molecule has 0 aliphatic carbocycles. The van der Waals surface area contributed by atoms with Crippen molar-refractivity contribution in [2.24, 2.45) is 0 Å². The predicted octanol–water partition coefficient (Wildman–Crippen LogP) is 2.07. The van der Waals surface area contributed by atoms with E-state index in [0.717, 1.165) is 11.3 Å². The van der Waals surface area contributed by atoms with Gasteiger partial charge in [-0.15, -0.1) is 0 Å². The summed E-state index contributed by atoms with van der Waals surface area (Å²) < 4.78 is 11.0. The topological polar surface area (TPSA) is 76.1 Å². The second kappa shape index (κ2) is 7.53. The number of aliphatic carboxylic acids is 1. The first-order valence-corrected chi connectivity index (χ1v) is 9.25. The molecule has 0 saturated carbocycles. The van der Waals surface area contributed by atoms with Crippen LogP contribution in [0.5, 0.6) is 11.5 Å². The summed E-state index contributed by atoms with van der Waals surface area (Å²) in [6.07, 6.45) is 0.137. The summed E-state index contributed by atoms with van der Waals surface area (Å²) in [7, 11) is 0. The van der Waals surface area contributed by atoms with Gasteiger partial charge in [0.25, 0.3) is 0 Å². The fraction of sp³-hybridized carbons (Fsp3) is 0.500. The lowest BCUT2D eigenvalue weighted by molar-refractivity contribution is -0.140. The summed E-state index contributed by atoms with van der Waals surface area (Å²) in [4.78, 5) is 25.3. The lowest BCUT2D eigenvalue weighted by atomic mass is 10.1. The molecule has 1 saturated heterocycles. The number of ether oxygens (including phenoxy) is 2. The van der Waals surface area contributed by atoms with Crippen LogP contribution < -0.4 is 9.47 Å². The quantitative estimate of drug-likeness (QED) is 0.873. The van der Waals surface area contributed by atoms with E-state index >= 15 is 0 Å². The van der Waals surface area contributed by atoms with Gasteiger partial charge in [0.2, 0.25) is 5.91 Å². The minimum Gasteiger partial charge on any atom is -0.486 e. The van der Waals surface area contributed by atoms with Crippen molar-refractivity contribution in [1.29, 1.82) is 0 Å². The molecule has 1 N–H and O–H groups in total. The van der Waals surface area contributed by atoms with E-state index in [9.17, 15) is 9.59 Å². The van der Waals surface area contributed by atoms with Crippen LogP contribution in [0.1, 0.15) is 12.0 Å². The molecule has 1 fully saturated rings. The fourth-order valence-corrected chi connectivity index (χ4v) is 4.25. The molecule has 2 aliphatic heterocycles. The van der Waals surface area contributed by atoms with Crippen LogP contribution >= 0.6 is 23.4 Å². The lowest BCUT2D eigenvalue weighted by Gasteiger charge is -2.34. The number of amides is 1. The lowest BCUT2D eigenvalue weighted by Crippen LogP contribution is -2.47. The summed E-state index contributed by atoms with van der Waals surface area (Å²) in [5.74, 6) is 1.56. The summed E-state index contributed by atoms with van der Waals surface area (Å²) in [5.41, 5.74) is 0.738. The minimum absolute atomic E-state index is 0.0271. The van der Waals surface area contributed by atoms with E-state index in [-0.39, 0.29) is 24.8 Å². The van der Waals surface area contributed by atoms with Gasteiger partial charge in [-0.25, -0.2) is 0 Å². The van der Waals surface area contributed by atoms with Crippen molar-refractivity contribution >= 4 is 35.2 Å². The number of carbonyl (C=O) groups is 2. The van der Waals surface area contributed by atoms with Crippen LogP contribution in [0, 0.1) is 0 Å². The molecule has 8 heteroatoms. The van der Waals surface area contributed by atoms with Crippen LogP contribution in [-0.4, -0.2) is 59.2 Å². The largest absolute Gasteiger partial charge is 0.486 e. The summed E-state index contributed by atoms with van der Waals surface area (Å²) in [6.45, 7) is 1.47. The van der Waals surface area contributed by atoms with Crippen molar-refractivity contribution in [2.45, 2.75) is 18.9 Å². The molecule has 2 heterocycles. The van der Waals surface area contributed by atoms with Crippen LogP contribution in [0.25, 0.3) is 0 Å². The van der Waals surface area contributed by atoms with Gasteiger partial charge in [0.1, 0.15) is 13.2 Å². The highest BCUT2D eigenvalue weighted by atomic mass is 35.5. The van der Waals surface area contributed by atoms with E-state index < -0.39 is 5.97 Å². The number of thioether (sulfide) groups is 1. The first kappa shape index (κ1) is 17.2. The van der Waals surface area contributed by atoms with Crippen molar-refractivity contribution < 1.29 is 24.2 Å². The van der Waals surface area contributed by atoms with Crippen molar-refractivity contribution in [3.63, 3.8) is 0 Å². The summed E-state index contributed by atoms with van der Waals surface area (Å²) in [5, 5.41) is 9.45. The van der Waals surface area contributed by atoms with Crippen LogP contribution in [0.15, 0.2) is 12.1 Å². The maximum absolute atomic E-state index is 12.6. The average molecular weight is 372 g/mol. The van der Waals surface area contributed by atoms with E-state index in [1.807, 2.05) is 0 Å². The number of carboxylic acids is 1. The molecule has 1 unspecified atom stereocenters. The van der Waals surface area contributed by atoms with Crippen molar-refractivity contribution in [2.75, 3.05) is 31.3 Å². The number of nitrogens with zero attached hydrogens (tertiary/aromatic N) is 1. The number of halogens is 1. The second-order valence-electron chi connectivity index (χ2n) is 5.69. The summed E-state index contributed by atoms with van der Waals surface area (Å²) >= 11 is 7.88. The van der Waals surface area contributed by atoms with Gasteiger partial charge < -0.3 is 19.5 Å². The molecule has 24 heavy (non-hydrogen) atoms. The summed E-state index contributed by atoms with van der Waals surface area (Å²) in [6, 6.07) is 3.21. The van der Waals surface area contributed by atoms with E-state index in [1.165, 1.54) is 0 Å². The van der Waals surface area contributed by atoms with Crippen LogP contribution in [0.4, 0.5) is 0 Å². The van der Waals surface area contributed by atoms with Crippen molar-refractivity contribution in [3.05, 3.63) is 22.7 Å². The molecular weight excluding hydrogens is 354 g/mol. The van der Waals surface area contributed by atoms with E-state index in [4.69, 9.17) is 26.2 Å². The van der Waals surface area contributed by atoms with E-state index in [1.54, 1.807) is 28.8 Å². The van der Waals surface area contributed by atoms with Crippen LogP contribution in [-0.2, 0) is 16.0 Å². The molecule has 1 aromatic carbocycles. The molecule has 130 valence electrons. The zero-order chi connectivity index (χ0) is 17.1. The highest BCUT2D eigenvalue weighted by molar-refractivity contribution is 7.99. The van der Waals surface area contributed by atoms with E-state index in [0.29, 0.717) is 42.0 Å². The van der Waals surface area contributed by atoms with Gasteiger partial charge in [-0.3, -0.25) is 9.59 Å². The highest BCUT2D eigenvalue weighted by Crippen LogP contribution is 2.38. The molecule has 1 amide bonds. The molecular formula is C16H18ClNO5S. The monoisotopic (exact) mass is 371 g/mol. The molecule has 0 radical (unpaired) electrons. The Morgan fingerprint density at radius 3 is 2.92 bits per heavy atom. The first-order chi connectivity index (χ1) is 11.5.